The van der Waals surface area contributed by atoms with Crippen molar-refractivity contribution in [2.75, 3.05) is 7.11 Å². The number of imidazole rings is 1. The third kappa shape index (κ3) is 3.18. The highest BCUT2D eigenvalue weighted by Crippen LogP contribution is 2.32. The van der Waals surface area contributed by atoms with Gasteiger partial charge in [0.25, 0.3) is 0 Å². The first-order valence-corrected chi connectivity index (χ1v) is 9.15. The summed E-state index contributed by atoms with van der Waals surface area (Å²) in [5, 5.41) is 11.9. The van der Waals surface area contributed by atoms with Crippen molar-refractivity contribution in [1.29, 1.82) is 0 Å². The molecule has 8 heteroatoms. The molecule has 7 nitrogen and oxygen atoms in total. The molecule has 0 spiro atoms. The van der Waals surface area contributed by atoms with Crippen LogP contribution in [0.1, 0.15) is 5.56 Å². The number of rotatable bonds is 4. The number of pyridine rings is 1. The van der Waals surface area contributed by atoms with Crippen LogP contribution < -0.4 is 10.5 Å². The van der Waals surface area contributed by atoms with Crippen LogP contribution in [0, 0.1) is 0 Å². The lowest BCUT2D eigenvalue weighted by Crippen LogP contribution is -2.12. The zero-order chi connectivity index (χ0) is 19.7. The van der Waals surface area contributed by atoms with Crippen molar-refractivity contribution >= 4 is 32.8 Å². The first kappa shape index (κ1) is 18.0. The van der Waals surface area contributed by atoms with Crippen molar-refractivity contribution in [2.45, 2.75) is 0 Å². The van der Waals surface area contributed by atoms with Crippen LogP contribution in [0.15, 0.2) is 70.8 Å². The smallest absolute Gasteiger partial charge is 0.170 e. The third-order valence-corrected chi connectivity index (χ3v) is 4.87. The summed E-state index contributed by atoms with van der Waals surface area (Å²) in [6, 6.07) is 15.5. The molecule has 2 aromatic carbocycles. The van der Waals surface area contributed by atoms with Crippen molar-refractivity contribution in [3.63, 3.8) is 0 Å². The first-order chi connectivity index (χ1) is 13.6. The molecule has 4 rings (SSSR count). The SMILES string of the molecule is COc1cnc(Br)cc1-c1cccc(-n2cnc3cc(/C(N)=N/O)ccc32)c1. The minimum absolute atomic E-state index is 0.0498. The molecular formula is C20H16BrN5O2. The molecule has 0 aliphatic heterocycles. The summed E-state index contributed by atoms with van der Waals surface area (Å²) in [5.74, 6) is 0.744. The molecule has 0 unspecified atom stereocenters. The van der Waals surface area contributed by atoms with E-state index in [0.717, 1.165) is 32.5 Å². The number of halogens is 1. The second-order valence-electron chi connectivity index (χ2n) is 6.06. The largest absolute Gasteiger partial charge is 0.494 e. The lowest BCUT2D eigenvalue weighted by atomic mass is 10.1. The predicted octanol–water partition coefficient (Wildman–Crippen LogP) is 3.95. The average molecular weight is 438 g/mol. The second kappa shape index (κ2) is 7.32. The summed E-state index contributed by atoms with van der Waals surface area (Å²) >= 11 is 3.42. The molecule has 2 heterocycles. The van der Waals surface area contributed by atoms with Crippen LogP contribution in [0.4, 0.5) is 0 Å². The summed E-state index contributed by atoms with van der Waals surface area (Å²) in [6.45, 7) is 0. The maximum Gasteiger partial charge on any atom is 0.170 e. The average Bonchev–Trinajstić information content (AvgIpc) is 3.16. The summed E-state index contributed by atoms with van der Waals surface area (Å²) in [6.07, 6.45) is 3.44. The quantitative estimate of drug-likeness (QED) is 0.165. The molecule has 0 bridgehead atoms. The summed E-state index contributed by atoms with van der Waals surface area (Å²) in [7, 11) is 1.63. The van der Waals surface area contributed by atoms with Gasteiger partial charge < -0.3 is 15.7 Å². The number of methoxy groups -OCH3 is 1. The van der Waals surface area contributed by atoms with E-state index in [2.05, 4.69) is 37.1 Å². The summed E-state index contributed by atoms with van der Waals surface area (Å²) in [4.78, 5) is 8.67. The van der Waals surface area contributed by atoms with Gasteiger partial charge in [0.15, 0.2) is 5.84 Å². The number of nitrogens with two attached hydrogens (primary N) is 1. The zero-order valence-electron chi connectivity index (χ0n) is 14.9. The number of hydrogen-bond donors (Lipinski definition) is 2. The van der Waals surface area contributed by atoms with E-state index in [0.29, 0.717) is 11.3 Å². The summed E-state index contributed by atoms with van der Waals surface area (Å²) < 4.78 is 8.17. The van der Waals surface area contributed by atoms with Crippen LogP contribution in [-0.2, 0) is 0 Å². The van der Waals surface area contributed by atoms with Gasteiger partial charge in [-0.25, -0.2) is 9.97 Å². The Morgan fingerprint density at radius 2 is 2.04 bits per heavy atom. The van der Waals surface area contributed by atoms with Gasteiger partial charge in [0.05, 0.1) is 24.3 Å². The minimum Gasteiger partial charge on any atom is -0.494 e. The zero-order valence-corrected chi connectivity index (χ0v) is 16.5. The van der Waals surface area contributed by atoms with E-state index < -0.39 is 0 Å². The molecule has 0 amide bonds. The Morgan fingerprint density at radius 1 is 1.18 bits per heavy atom. The van der Waals surface area contributed by atoms with Gasteiger partial charge in [0.2, 0.25) is 0 Å². The number of benzene rings is 2. The molecule has 0 saturated heterocycles. The molecule has 4 aromatic rings. The van der Waals surface area contributed by atoms with Crippen molar-refractivity contribution in [3.05, 3.63) is 71.2 Å². The van der Waals surface area contributed by atoms with E-state index in [9.17, 15) is 0 Å². The normalized spacial score (nSPS) is 11.7. The molecule has 0 saturated carbocycles. The van der Waals surface area contributed by atoms with Gasteiger partial charge in [-0.15, -0.1) is 0 Å². The Labute approximate surface area is 169 Å². The maximum atomic E-state index is 8.86. The Morgan fingerprint density at radius 3 is 2.82 bits per heavy atom. The molecule has 3 N–H and O–H groups in total. The monoisotopic (exact) mass is 437 g/mol. The number of ether oxygens (including phenoxy) is 1. The number of amidine groups is 1. The standard InChI is InChI=1S/C20H16BrN5O2/c1-28-18-10-23-19(21)9-15(18)12-3-2-4-14(7-12)26-11-24-16-8-13(20(22)25-27)5-6-17(16)26/h2-11,27H,1H3,(H2,22,25). The van der Waals surface area contributed by atoms with Gasteiger partial charge in [0, 0.05) is 16.8 Å². The van der Waals surface area contributed by atoms with E-state index in [4.69, 9.17) is 15.7 Å². The second-order valence-corrected chi connectivity index (χ2v) is 6.87. The molecule has 0 aliphatic carbocycles. The Bertz CT molecular complexity index is 1200. The first-order valence-electron chi connectivity index (χ1n) is 8.36. The van der Waals surface area contributed by atoms with Crippen molar-refractivity contribution in [2.24, 2.45) is 10.9 Å². The third-order valence-electron chi connectivity index (χ3n) is 4.44. The number of oxime groups is 1. The van der Waals surface area contributed by atoms with E-state index in [-0.39, 0.29) is 5.84 Å². The molecule has 0 radical (unpaired) electrons. The van der Waals surface area contributed by atoms with Crippen LogP contribution in [0.25, 0.3) is 27.8 Å². The number of aromatic nitrogens is 3. The molecular weight excluding hydrogens is 422 g/mol. The molecule has 2 aromatic heterocycles. The molecule has 0 atom stereocenters. The number of fused-ring (bicyclic) bond motifs is 1. The van der Waals surface area contributed by atoms with Gasteiger partial charge >= 0.3 is 0 Å². The molecule has 0 fully saturated rings. The number of hydrogen-bond acceptors (Lipinski definition) is 5. The fourth-order valence-corrected chi connectivity index (χ4v) is 3.40. The minimum atomic E-state index is 0.0498. The van der Waals surface area contributed by atoms with Gasteiger partial charge in [0.1, 0.15) is 16.7 Å². The van der Waals surface area contributed by atoms with Crippen LogP contribution in [0.5, 0.6) is 5.75 Å². The highest BCUT2D eigenvalue weighted by molar-refractivity contribution is 9.10. The van der Waals surface area contributed by atoms with Crippen LogP contribution in [-0.4, -0.2) is 32.7 Å². The van der Waals surface area contributed by atoms with E-state index in [1.807, 2.05) is 34.9 Å². The highest BCUT2D eigenvalue weighted by atomic mass is 79.9. The fraction of sp³-hybridized carbons (Fsp3) is 0.0500. The Kier molecular flexibility index (Phi) is 4.70. The molecule has 0 aliphatic rings. The number of nitrogens with zero attached hydrogens (tertiary/aromatic N) is 4. The molecule has 28 heavy (non-hydrogen) atoms. The van der Waals surface area contributed by atoms with E-state index >= 15 is 0 Å². The topological polar surface area (TPSA) is 98.5 Å². The highest BCUT2D eigenvalue weighted by Gasteiger charge is 2.11. The molecule has 140 valence electrons. The lowest BCUT2D eigenvalue weighted by Gasteiger charge is -2.11. The lowest BCUT2D eigenvalue weighted by molar-refractivity contribution is 0.318. The predicted molar refractivity (Wildman–Crippen MR) is 111 cm³/mol. The van der Waals surface area contributed by atoms with E-state index in [1.54, 1.807) is 31.8 Å². The maximum absolute atomic E-state index is 8.86. The van der Waals surface area contributed by atoms with E-state index in [1.165, 1.54) is 0 Å². The Hall–Kier alpha value is -3.39. The van der Waals surface area contributed by atoms with Crippen molar-refractivity contribution in [3.8, 4) is 22.6 Å². The fourth-order valence-electron chi connectivity index (χ4n) is 3.06. The summed E-state index contributed by atoms with van der Waals surface area (Å²) in [5.41, 5.74) is 10.8. The van der Waals surface area contributed by atoms with Crippen molar-refractivity contribution < 1.29 is 9.94 Å². The van der Waals surface area contributed by atoms with Gasteiger partial charge in [-0.3, -0.25) is 4.57 Å². The van der Waals surface area contributed by atoms with Crippen LogP contribution in [0.2, 0.25) is 0 Å². The van der Waals surface area contributed by atoms with Crippen LogP contribution >= 0.6 is 15.9 Å². The van der Waals surface area contributed by atoms with Gasteiger partial charge in [-0.05, 0) is 57.9 Å². The Balaban J connectivity index is 1.81. The van der Waals surface area contributed by atoms with Crippen molar-refractivity contribution in [1.82, 2.24) is 14.5 Å². The van der Waals surface area contributed by atoms with Gasteiger partial charge in [-0.2, -0.15) is 0 Å². The van der Waals surface area contributed by atoms with Gasteiger partial charge in [-0.1, -0.05) is 17.3 Å². The van der Waals surface area contributed by atoms with Crippen LogP contribution in [0.3, 0.4) is 0 Å².